The maximum atomic E-state index is 12.3. The Kier molecular flexibility index (Phi) is 6.41. The highest BCUT2D eigenvalue weighted by Gasteiger charge is 2.40. The number of aliphatic hydroxyl groups is 1. The van der Waals surface area contributed by atoms with E-state index in [0.29, 0.717) is 19.6 Å². The molecule has 1 aromatic rings. The summed E-state index contributed by atoms with van der Waals surface area (Å²) in [5, 5.41) is 10.6. The SMILES string of the molecule is C/C(=C\C(O)C1CC2(C=CC1=O)CCOCC2)COCc1ccccc1. The van der Waals surface area contributed by atoms with Gasteiger partial charge in [-0.1, -0.05) is 42.5 Å². The van der Waals surface area contributed by atoms with Gasteiger partial charge >= 0.3 is 0 Å². The van der Waals surface area contributed by atoms with Crippen molar-refractivity contribution in [3.8, 4) is 0 Å². The van der Waals surface area contributed by atoms with Crippen LogP contribution in [-0.2, 0) is 20.9 Å². The predicted molar refractivity (Wildman–Crippen MR) is 101 cm³/mol. The predicted octanol–water partition coefficient (Wildman–Crippen LogP) is 3.45. The summed E-state index contributed by atoms with van der Waals surface area (Å²) in [6.07, 6.45) is 7.25. The molecule has 0 radical (unpaired) electrons. The molecule has 2 atom stereocenters. The molecule has 0 saturated carbocycles. The first-order valence-corrected chi connectivity index (χ1v) is 9.36. The molecule has 1 aliphatic heterocycles. The summed E-state index contributed by atoms with van der Waals surface area (Å²) in [5.74, 6) is -0.356. The fraction of sp³-hybridized carbons (Fsp3) is 0.500. The highest BCUT2D eigenvalue weighted by Crippen LogP contribution is 2.42. The second-order valence-corrected chi connectivity index (χ2v) is 7.50. The minimum absolute atomic E-state index is 0.00333. The number of benzene rings is 1. The molecule has 3 rings (SSSR count). The number of hydrogen-bond donors (Lipinski definition) is 1. The summed E-state index contributed by atoms with van der Waals surface area (Å²) >= 11 is 0. The zero-order valence-electron chi connectivity index (χ0n) is 15.4. The average Bonchev–Trinajstić information content (AvgIpc) is 2.65. The Hall–Kier alpha value is -1.75. The van der Waals surface area contributed by atoms with Gasteiger partial charge < -0.3 is 14.6 Å². The first-order chi connectivity index (χ1) is 12.6. The van der Waals surface area contributed by atoms with Crippen LogP contribution in [0.3, 0.4) is 0 Å². The molecule has 1 aliphatic carbocycles. The Bertz CT molecular complexity index is 656. The molecule has 140 valence electrons. The first-order valence-electron chi connectivity index (χ1n) is 9.36. The lowest BCUT2D eigenvalue weighted by atomic mass is 9.68. The number of hydrogen-bond acceptors (Lipinski definition) is 4. The van der Waals surface area contributed by atoms with Gasteiger partial charge in [0.25, 0.3) is 0 Å². The molecule has 4 nitrogen and oxygen atoms in total. The van der Waals surface area contributed by atoms with E-state index in [4.69, 9.17) is 9.47 Å². The molecular formula is C22H28O4. The third kappa shape index (κ3) is 4.91. The lowest BCUT2D eigenvalue weighted by Gasteiger charge is -2.40. The van der Waals surface area contributed by atoms with E-state index in [2.05, 4.69) is 0 Å². The van der Waals surface area contributed by atoms with E-state index in [-0.39, 0.29) is 17.1 Å². The molecule has 1 heterocycles. The van der Waals surface area contributed by atoms with Crippen LogP contribution in [0.2, 0.25) is 0 Å². The van der Waals surface area contributed by atoms with Crippen molar-refractivity contribution in [2.45, 2.75) is 38.9 Å². The third-order valence-corrected chi connectivity index (χ3v) is 5.39. The quantitative estimate of drug-likeness (QED) is 0.793. The molecule has 26 heavy (non-hydrogen) atoms. The summed E-state index contributed by atoms with van der Waals surface area (Å²) < 4.78 is 11.2. The minimum atomic E-state index is -0.771. The molecule has 4 heteroatoms. The van der Waals surface area contributed by atoms with E-state index in [0.717, 1.165) is 37.2 Å². The van der Waals surface area contributed by atoms with Crippen LogP contribution in [0.1, 0.15) is 31.7 Å². The van der Waals surface area contributed by atoms with Crippen LogP contribution in [0.25, 0.3) is 0 Å². The maximum absolute atomic E-state index is 12.3. The van der Waals surface area contributed by atoms with Crippen molar-refractivity contribution < 1.29 is 19.4 Å². The van der Waals surface area contributed by atoms with Crippen molar-refractivity contribution in [2.24, 2.45) is 11.3 Å². The van der Waals surface area contributed by atoms with Crippen LogP contribution in [0.4, 0.5) is 0 Å². The van der Waals surface area contributed by atoms with E-state index in [1.165, 1.54) is 0 Å². The van der Waals surface area contributed by atoms with Gasteiger partial charge in [-0.3, -0.25) is 4.79 Å². The van der Waals surface area contributed by atoms with E-state index in [1.54, 1.807) is 12.2 Å². The number of carbonyl (C=O) groups excluding carboxylic acids is 1. The fourth-order valence-electron chi connectivity index (χ4n) is 3.79. The normalized spacial score (nSPS) is 24.0. The van der Waals surface area contributed by atoms with E-state index in [1.807, 2.05) is 43.3 Å². The van der Waals surface area contributed by atoms with E-state index >= 15 is 0 Å². The number of ketones is 1. The van der Waals surface area contributed by atoms with Crippen LogP contribution < -0.4 is 0 Å². The minimum Gasteiger partial charge on any atom is -0.388 e. The van der Waals surface area contributed by atoms with Gasteiger partial charge in [0.05, 0.1) is 25.2 Å². The van der Waals surface area contributed by atoms with Crippen LogP contribution in [0.15, 0.2) is 54.1 Å². The Labute approximate surface area is 155 Å². The highest BCUT2D eigenvalue weighted by molar-refractivity contribution is 5.93. The van der Waals surface area contributed by atoms with Gasteiger partial charge in [0, 0.05) is 13.2 Å². The highest BCUT2D eigenvalue weighted by atomic mass is 16.5. The Morgan fingerprint density at radius 3 is 2.81 bits per heavy atom. The summed E-state index contributed by atoms with van der Waals surface area (Å²) in [6.45, 7) is 4.37. The molecule has 0 bridgehead atoms. The molecule has 1 N–H and O–H groups in total. The van der Waals surface area contributed by atoms with Gasteiger partial charge in [0.2, 0.25) is 0 Å². The largest absolute Gasteiger partial charge is 0.388 e. The zero-order chi connectivity index (χ0) is 18.4. The van der Waals surface area contributed by atoms with Crippen molar-refractivity contribution >= 4 is 5.78 Å². The van der Waals surface area contributed by atoms with Crippen LogP contribution in [-0.4, -0.2) is 36.8 Å². The van der Waals surface area contributed by atoms with Gasteiger partial charge in [-0.25, -0.2) is 0 Å². The third-order valence-electron chi connectivity index (χ3n) is 5.39. The van der Waals surface area contributed by atoms with Gasteiger partial charge in [-0.05, 0) is 48.8 Å². The van der Waals surface area contributed by atoms with Crippen LogP contribution in [0.5, 0.6) is 0 Å². The summed E-state index contributed by atoms with van der Waals surface area (Å²) in [6, 6.07) is 9.99. The van der Waals surface area contributed by atoms with Crippen molar-refractivity contribution in [1.82, 2.24) is 0 Å². The lowest BCUT2D eigenvalue weighted by molar-refractivity contribution is -0.123. The molecule has 1 aromatic carbocycles. The fourth-order valence-corrected chi connectivity index (χ4v) is 3.79. The van der Waals surface area contributed by atoms with Crippen LogP contribution in [0, 0.1) is 11.3 Å². The second kappa shape index (κ2) is 8.76. The summed E-state index contributed by atoms with van der Waals surface area (Å²) in [4.78, 5) is 12.3. The molecule has 1 saturated heterocycles. The first kappa shape index (κ1) is 19.0. The number of aliphatic hydroxyl groups excluding tert-OH is 1. The molecule has 1 fully saturated rings. The van der Waals surface area contributed by atoms with Crippen molar-refractivity contribution in [3.05, 3.63) is 59.7 Å². The van der Waals surface area contributed by atoms with E-state index in [9.17, 15) is 9.90 Å². The second-order valence-electron chi connectivity index (χ2n) is 7.50. The van der Waals surface area contributed by atoms with Crippen molar-refractivity contribution in [1.29, 1.82) is 0 Å². The Balaban J connectivity index is 1.55. The maximum Gasteiger partial charge on any atom is 0.161 e. The molecular weight excluding hydrogens is 328 g/mol. The van der Waals surface area contributed by atoms with E-state index < -0.39 is 6.10 Å². The monoisotopic (exact) mass is 356 g/mol. The standard InChI is InChI=1S/C22H28O4/c1-17(15-26-16-18-5-3-2-4-6-18)13-21(24)19-14-22(8-7-20(19)23)9-11-25-12-10-22/h2-8,13,19,21,24H,9-12,14-16H2,1H3/b17-13+. The molecule has 2 aliphatic rings. The summed E-state index contributed by atoms with van der Waals surface area (Å²) in [7, 11) is 0. The summed E-state index contributed by atoms with van der Waals surface area (Å²) in [5.41, 5.74) is 2.07. The Morgan fingerprint density at radius 1 is 1.35 bits per heavy atom. The topological polar surface area (TPSA) is 55.8 Å². The van der Waals surface area contributed by atoms with Crippen LogP contribution >= 0.6 is 0 Å². The smallest absolute Gasteiger partial charge is 0.161 e. The number of carbonyl (C=O) groups is 1. The molecule has 0 amide bonds. The molecule has 0 aromatic heterocycles. The number of allylic oxidation sites excluding steroid dienone is 2. The number of ether oxygens (including phenoxy) is 2. The van der Waals surface area contributed by atoms with Crippen molar-refractivity contribution in [2.75, 3.05) is 19.8 Å². The lowest BCUT2D eigenvalue weighted by Crippen LogP contribution is -2.39. The van der Waals surface area contributed by atoms with Gasteiger partial charge in [0.15, 0.2) is 5.78 Å². The molecule has 2 unspecified atom stereocenters. The number of rotatable bonds is 6. The van der Waals surface area contributed by atoms with Gasteiger partial charge in [0.1, 0.15) is 0 Å². The average molecular weight is 356 g/mol. The molecule has 1 spiro atoms. The van der Waals surface area contributed by atoms with Gasteiger partial charge in [-0.15, -0.1) is 0 Å². The zero-order valence-corrected chi connectivity index (χ0v) is 15.4. The van der Waals surface area contributed by atoms with Gasteiger partial charge in [-0.2, -0.15) is 0 Å². The Morgan fingerprint density at radius 2 is 2.08 bits per heavy atom. The van der Waals surface area contributed by atoms with Crippen molar-refractivity contribution in [3.63, 3.8) is 0 Å².